The lowest BCUT2D eigenvalue weighted by atomic mass is 10.2. The number of halogens is 1. The Hall–Kier alpha value is -1.20. The van der Waals surface area contributed by atoms with Crippen LogP contribution in [0.1, 0.15) is 12.5 Å². The summed E-state index contributed by atoms with van der Waals surface area (Å²) in [6.07, 6.45) is 1.32. The Kier molecular flexibility index (Phi) is 4.45. The van der Waals surface area contributed by atoms with E-state index in [2.05, 4.69) is 26.1 Å². The number of aliphatic hydroxyl groups is 1. The summed E-state index contributed by atoms with van der Waals surface area (Å²) in [7, 11) is 0. The maximum atomic E-state index is 7.57. The number of hydrogen-bond donors (Lipinski definition) is 3. The lowest BCUT2D eigenvalue weighted by molar-refractivity contribution is 0.318. The Labute approximate surface area is 96.0 Å². The molecule has 1 aromatic carbocycles. The van der Waals surface area contributed by atoms with E-state index in [0.717, 1.165) is 21.1 Å². The van der Waals surface area contributed by atoms with E-state index in [4.69, 9.17) is 10.5 Å². The van der Waals surface area contributed by atoms with Gasteiger partial charge in [0.1, 0.15) is 4.60 Å². The number of rotatable bonds is 1. The van der Waals surface area contributed by atoms with E-state index in [9.17, 15) is 0 Å². The van der Waals surface area contributed by atoms with Crippen LogP contribution in [0.5, 0.6) is 0 Å². The first-order valence-electron chi connectivity index (χ1n) is 4.47. The largest absolute Gasteiger partial charge is 0.397 e. The molecule has 0 aliphatic carbocycles. The van der Waals surface area contributed by atoms with E-state index >= 15 is 0 Å². The first-order chi connectivity index (χ1) is 7.22. The van der Waals surface area contributed by atoms with E-state index in [1.165, 1.54) is 6.21 Å². The molecule has 4 nitrogen and oxygen atoms in total. The summed E-state index contributed by atoms with van der Waals surface area (Å²) in [5.74, 6) is 0. The van der Waals surface area contributed by atoms with Gasteiger partial charge in [0, 0.05) is 18.2 Å². The highest BCUT2D eigenvalue weighted by Crippen LogP contribution is 2.21. The third kappa shape index (κ3) is 2.87. The Bertz CT molecular complexity index is 453. The van der Waals surface area contributed by atoms with Crippen LogP contribution < -0.4 is 0 Å². The minimum atomic E-state index is 0.250. The fourth-order valence-corrected chi connectivity index (χ4v) is 1.49. The minimum Gasteiger partial charge on any atom is -0.397 e. The predicted molar refractivity (Wildman–Crippen MR) is 64.4 cm³/mol. The van der Waals surface area contributed by atoms with Crippen LogP contribution in [-0.2, 0) is 0 Å². The molecule has 2 aromatic rings. The molecule has 0 aliphatic heterocycles. The van der Waals surface area contributed by atoms with E-state index in [0.29, 0.717) is 0 Å². The summed E-state index contributed by atoms with van der Waals surface area (Å²) >= 11 is 3.34. The molecule has 0 radical (unpaired) electrons. The van der Waals surface area contributed by atoms with Gasteiger partial charge in [0.2, 0.25) is 0 Å². The van der Waals surface area contributed by atoms with Crippen LogP contribution in [0.3, 0.4) is 0 Å². The Balaban J connectivity index is 0.000000337. The van der Waals surface area contributed by atoms with Crippen molar-refractivity contribution in [2.75, 3.05) is 6.61 Å². The summed E-state index contributed by atoms with van der Waals surface area (Å²) in [6, 6.07) is 5.66. The molecule has 15 heavy (non-hydrogen) atoms. The van der Waals surface area contributed by atoms with Crippen molar-refractivity contribution in [1.82, 2.24) is 10.2 Å². The molecule has 0 aliphatic rings. The normalized spacial score (nSPS) is 9.53. The fraction of sp³-hybridized carbons (Fsp3) is 0.200. The highest BCUT2D eigenvalue weighted by Gasteiger charge is 2.01. The summed E-state index contributed by atoms with van der Waals surface area (Å²) in [6.45, 7) is 1.93. The molecule has 1 aromatic heterocycles. The minimum absolute atomic E-state index is 0.250. The monoisotopic (exact) mass is 269 g/mol. The van der Waals surface area contributed by atoms with Gasteiger partial charge in [-0.25, -0.2) is 0 Å². The van der Waals surface area contributed by atoms with Crippen LogP contribution in [0.25, 0.3) is 10.9 Å². The number of nitrogens with zero attached hydrogens (tertiary/aromatic N) is 1. The molecule has 5 heteroatoms. The quantitative estimate of drug-likeness (QED) is 0.696. The number of aliphatic hydroxyl groups excluding tert-OH is 1. The maximum Gasteiger partial charge on any atom is 0.108 e. The first kappa shape index (κ1) is 11.9. The van der Waals surface area contributed by atoms with Crippen molar-refractivity contribution in [3.63, 3.8) is 0 Å². The van der Waals surface area contributed by atoms with Gasteiger partial charge in [0.25, 0.3) is 0 Å². The molecule has 0 bridgehead atoms. The van der Waals surface area contributed by atoms with Crippen LogP contribution in [0, 0.1) is 5.41 Å². The molecule has 0 amide bonds. The molecule has 0 atom stereocenters. The van der Waals surface area contributed by atoms with Crippen LogP contribution in [-0.4, -0.2) is 28.1 Å². The molecule has 0 fully saturated rings. The first-order valence-corrected chi connectivity index (χ1v) is 5.27. The molecule has 0 saturated carbocycles. The zero-order valence-corrected chi connectivity index (χ0v) is 9.87. The second-order valence-electron chi connectivity index (χ2n) is 2.77. The third-order valence-electron chi connectivity index (χ3n) is 1.70. The standard InChI is InChI=1S/C8H6BrN3.C2H6O/c9-8-6-3-5(4-10)1-2-7(6)11-12-8;1-2-3/h1-4,10H,(H,11,12);3H,2H2,1H3. The van der Waals surface area contributed by atoms with Gasteiger partial charge in [-0.3, -0.25) is 5.10 Å². The molecule has 0 saturated heterocycles. The highest BCUT2D eigenvalue weighted by molar-refractivity contribution is 9.10. The Morgan fingerprint density at radius 2 is 2.27 bits per heavy atom. The number of H-pyrrole nitrogens is 1. The van der Waals surface area contributed by atoms with Gasteiger partial charge >= 0.3 is 0 Å². The van der Waals surface area contributed by atoms with Gasteiger partial charge in [-0.15, -0.1) is 0 Å². The van der Waals surface area contributed by atoms with Crippen molar-refractivity contribution in [3.8, 4) is 0 Å². The SMILES string of the molecule is CCO.N=Cc1ccc2n[nH]c(Br)c2c1. The van der Waals surface area contributed by atoms with Crippen molar-refractivity contribution in [1.29, 1.82) is 5.41 Å². The maximum absolute atomic E-state index is 7.57. The molecule has 80 valence electrons. The van der Waals surface area contributed by atoms with Gasteiger partial charge in [0.05, 0.1) is 5.52 Å². The van der Waals surface area contributed by atoms with Gasteiger partial charge in [-0.05, 0) is 40.5 Å². The topological polar surface area (TPSA) is 72.8 Å². The smallest absolute Gasteiger partial charge is 0.108 e. The zero-order chi connectivity index (χ0) is 11.3. The lowest BCUT2D eigenvalue weighted by Crippen LogP contribution is -1.77. The predicted octanol–water partition coefficient (Wildman–Crippen LogP) is 2.32. The molecule has 3 N–H and O–H groups in total. The second-order valence-corrected chi connectivity index (χ2v) is 3.57. The van der Waals surface area contributed by atoms with Crippen LogP contribution >= 0.6 is 15.9 Å². The summed E-state index contributed by atoms with van der Waals surface area (Å²) in [5.41, 5.74) is 1.79. The lowest BCUT2D eigenvalue weighted by Gasteiger charge is -1.90. The second kappa shape index (κ2) is 5.63. The average molecular weight is 270 g/mol. The molecular weight excluding hydrogens is 258 g/mol. The fourth-order valence-electron chi connectivity index (χ4n) is 1.09. The summed E-state index contributed by atoms with van der Waals surface area (Å²) in [4.78, 5) is 0. The average Bonchev–Trinajstić information content (AvgIpc) is 2.61. The van der Waals surface area contributed by atoms with E-state index < -0.39 is 0 Å². The number of benzene rings is 1. The van der Waals surface area contributed by atoms with Crippen molar-refractivity contribution in [2.24, 2.45) is 0 Å². The molecular formula is C10H12BrN3O. The van der Waals surface area contributed by atoms with E-state index in [1.807, 2.05) is 18.2 Å². The van der Waals surface area contributed by atoms with Gasteiger partial charge in [-0.2, -0.15) is 5.10 Å². The van der Waals surface area contributed by atoms with Crippen LogP contribution in [0.2, 0.25) is 0 Å². The molecule has 1 heterocycles. The van der Waals surface area contributed by atoms with Crippen molar-refractivity contribution in [2.45, 2.75) is 6.92 Å². The molecule has 2 rings (SSSR count). The van der Waals surface area contributed by atoms with Crippen molar-refractivity contribution in [3.05, 3.63) is 28.4 Å². The third-order valence-corrected chi connectivity index (χ3v) is 2.30. The van der Waals surface area contributed by atoms with Crippen molar-refractivity contribution >= 4 is 33.0 Å². The number of nitrogens with one attached hydrogen (secondary N) is 2. The number of fused-ring (bicyclic) bond motifs is 1. The van der Waals surface area contributed by atoms with Crippen LogP contribution in [0.15, 0.2) is 22.8 Å². The Morgan fingerprint density at radius 1 is 1.60 bits per heavy atom. The summed E-state index contributed by atoms with van der Waals surface area (Å²) < 4.78 is 0.862. The van der Waals surface area contributed by atoms with E-state index in [-0.39, 0.29) is 6.61 Å². The Morgan fingerprint density at radius 3 is 2.87 bits per heavy atom. The number of aromatic amines is 1. The van der Waals surface area contributed by atoms with E-state index in [1.54, 1.807) is 6.92 Å². The number of hydrogen-bond acceptors (Lipinski definition) is 3. The zero-order valence-electron chi connectivity index (χ0n) is 8.29. The van der Waals surface area contributed by atoms with Gasteiger partial charge < -0.3 is 10.5 Å². The highest BCUT2D eigenvalue weighted by atomic mass is 79.9. The number of aromatic nitrogens is 2. The molecule has 0 unspecified atom stereocenters. The van der Waals surface area contributed by atoms with Crippen molar-refractivity contribution < 1.29 is 5.11 Å². The summed E-state index contributed by atoms with van der Waals surface area (Å²) in [5, 5.41) is 22.5. The van der Waals surface area contributed by atoms with Gasteiger partial charge in [-0.1, -0.05) is 6.07 Å². The molecule has 0 spiro atoms. The van der Waals surface area contributed by atoms with Crippen LogP contribution in [0.4, 0.5) is 0 Å². The van der Waals surface area contributed by atoms with Gasteiger partial charge in [0.15, 0.2) is 0 Å².